The summed E-state index contributed by atoms with van der Waals surface area (Å²) in [7, 11) is 1.94. The fourth-order valence-corrected chi connectivity index (χ4v) is 2.67. The summed E-state index contributed by atoms with van der Waals surface area (Å²) in [4.78, 5) is 0. The van der Waals surface area contributed by atoms with E-state index in [2.05, 4.69) is 17.4 Å². The summed E-state index contributed by atoms with van der Waals surface area (Å²) >= 11 is 5.99. The first kappa shape index (κ1) is 14.2. The first-order valence-electron chi connectivity index (χ1n) is 7.06. The Morgan fingerprint density at radius 3 is 2.81 bits per heavy atom. The van der Waals surface area contributed by atoms with Crippen molar-refractivity contribution in [3.63, 3.8) is 0 Å². The van der Waals surface area contributed by atoms with Crippen molar-refractivity contribution in [3.8, 4) is 11.5 Å². The summed E-state index contributed by atoms with van der Waals surface area (Å²) < 4.78 is 11.7. The largest absolute Gasteiger partial charge is 0.490 e. The highest BCUT2D eigenvalue weighted by molar-refractivity contribution is 6.30. The zero-order valence-corrected chi connectivity index (χ0v) is 12.7. The van der Waals surface area contributed by atoms with Gasteiger partial charge in [-0.05, 0) is 48.5 Å². The molecule has 0 radical (unpaired) electrons. The third-order valence-corrected chi connectivity index (χ3v) is 3.74. The van der Waals surface area contributed by atoms with Gasteiger partial charge < -0.3 is 14.8 Å². The van der Waals surface area contributed by atoms with Crippen molar-refractivity contribution in [3.05, 3.63) is 58.6 Å². The number of halogens is 1. The van der Waals surface area contributed by atoms with Crippen LogP contribution in [-0.4, -0.2) is 19.8 Å². The van der Waals surface area contributed by atoms with E-state index in [9.17, 15) is 0 Å². The summed E-state index contributed by atoms with van der Waals surface area (Å²) in [6.45, 7) is 1.40. The summed E-state index contributed by atoms with van der Waals surface area (Å²) in [6.07, 6.45) is 0.892. The number of hydrogen-bond donors (Lipinski definition) is 1. The molecule has 110 valence electrons. The molecule has 4 heteroatoms. The number of fused-ring (bicyclic) bond motifs is 1. The Bertz CT molecular complexity index is 613. The van der Waals surface area contributed by atoms with Crippen LogP contribution in [0.15, 0.2) is 42.5 Å². The van der Waals surface area contributed by atoms with E-state index in [1.807, 2.05) is 37.4 Å². The highest BCUT2D eigenvalue weighted by Crippen LogP contribution is 2.31. The van der Waals surface area contributed by atoms with Gasteiger partial charge in [-0.2, -0.15) is 0 Å². The van der Waals surface area contributed by atoms with E-state index in [-0.39, 0.29) is 6.10 Å². The molecule has 2 aromatic rings. The van der Waals surface area contributed by atoms with E-state index < -0.39 is 0 Å². The fraction of sp³-hybridized carbons (Fsp3) is 0.294. The topological polar surface area (TPSA) is 30.5 Å². The molecule has 1 atom stereocenters. The minimum atomic E-state index is 0.0513. The van der Waals surface area contributed by atoms with Gasteiger partial charge in [-0.15, -0.1) is 0 Å². The van der Waals surface area contributed by atoms with Crippen molar-refractivity contribution in [2.75, 3.05) is 13.7 Å². The molecule has 21 heavy (non-hydrogen) atoms. The van der Waals surface area contributed by atoms with Crippen LogP contribution in [0.2, 0.25) is 5.02 Å². The molecule has 0 saturated carbocycles. The van der Waals surface area contributed by atoms with E-state index >= 15 is 0 Å². The van der Waals surface area contributed by atoms with Crippen LogP contribution >= 0.6 is 11.6 Å². The molecule has 0 amide bonds. The van der Waals surface area contributed by atoms with E-state index in [4.69, 9.17) is 21.1 Å². The highest BCUT2D eigenvalue weighted by Gasteiger charge is 2.23. The second-order valence-electron chi connectivity index (χ2n) is 5.18. The first-order chi connectivity index (χ1) is 10.2. The van der Waals surface area contributed by atoms with Crippen molar-refractivity contribution in [2.45, 2.75) is 19.1 Å². The summed E-state index contributed by atoms with van der Waals surface area (Å²) in [6, 6.07) is 13.8. The number of rotatable bonds is 5. The molecule has 0 spiro atoms. The maximum Gasteiger partial charge on any atom is 0.137 e. The molecule has 1 N–H and O–H groups in total. The van der Waals surface area contributed by atoms with Gasteiger partial charge in [-0.3, -0.25) is 0 Å². The Kier molecular flexibility index (Phi) is 4.32. The van der Waals surface area contributed by atoms with Gasteiger partial charge in [-0.25, -0.2) is 0 Å². The van der Waals surface area contributed by atoms with Crippen LogP contribution in [-0.2, 0) is 13.0 Å². The SMILES string of the molecule is CNCc1ccc(OCC2Cc3cc(Cl)ccc3O2)cc1. The first-order valence-corrected chi connectivity index (χ1v) is 7.44. The van der Waals surface area contributed by atoms with Crippen LogP contribution in [0.1, 0.15) is 11.1 Å². The number of benzene rings is 2. The Morgan fingerprint density at radius 2 is 2.05 bits per heavy atom. The molecule has 1 aliphatic rings. The standard InChI is InChI=1S/C17H18ClNO2/c1-19-10-12-2-5-15(6-3-12)20-11-16-9-13-8-14(18)4-7-17(13)21-16/h2-8,16,19H,9-11H2,1H3. The second kappa shape index (κ2) is 6.37. The zero-order valence-electron chi connectivity index (χ0n) is 11.9. The molecule has 3 nitrogen and oxygen atoms in total. The van der Waals surface area contributed by atoms with Crippen LogP contribution in [0.25, 0.3) is 0 Å². The molecule has 0 aromatic heterocycles. The lowest BCUT2D eigenvalue weighted by Crippen LogP contribution is -2.22. The number of nitrogens with one attached hydrogen (secondary N) is 1. The molecule has 1 unspecified atom stereocenters. The minimum absolute atomic E-state index is 0.0513. The maximum atomic E-state index is 5.99. The van der Waals surface area contributed by atoms with Gasteiger partial charge >= 0.3 is 0 Å². The molecular weight excluding hydrogens is 286 g/mol. The van der Waals surface area contributed by atoms with Crippen LogP contribution in [0, 0.1) is 0 Å². The van der Waals surface area contributed by atoms with Crippen molar-refractivity contribution in [1.82, 2.24) is 5.32 Å². The van der Waals surface area contributed by atoms with Gasteiger partial charge in [0, 0.05) is 18.0 Å². The number of ether oxygens (including phenoxy) is 2. The highest BCUT2D eigenvalue weighted by atomic mass is 35.5. The lowest BCUT2D eigenvalue weighted by Gasteiger charge is -2.12. The third-order valence-electron chi connectivity index (χ3n) is 3.50. The van der Waals surface area contributed by atoms with Gasteiger partial charge in [0.2, 0.25) is 0 Å². The van der Waals surface area contributed by atoms with E-state index in [1.165, 1.54) is 5.56 Å². The van der Waals surface area contributed by atoms with Crippen molar-refractivity contribution >= 4 is 11.6 Å². The number of hydrogen-bond acceptors (Lipinski definition) is 3. The summed E-state index contributed by atoms with van der Waals surface area (Å²) in [5, 5.41) is 3.87. The van der Waals surface area contributed by atoms with Gasteiger partial charge in [-0.1, -0.05) is 23.7 Å². The predicted octanol–water partition coefficient (Wildman–Crippen LogP) is 3.44. The Balaban J connectivity index is 1.55. The van der Waals surface area contributed by atoms with Crippen LogP contribution in [0.4, 0.5) is 0 Å². The van der Waals surface area contributed by atoms with E-state index in [1.54, 1.807) is 0 Å². The van der Waals surface area contributed by atoms with Crippen LogP contribution in [0.5, 0.6) is 11.5 Å². The molecule has 0 bridgehead atoms. The molecule has 2 aromatic carbocycles. The molecule has 0 saturated heterocycles. The van der Waals surface area contributed by atoms with Crippen LogP contribution < -0.4 is 14.8 Å². The van der Waals surface area contributed by atoms with Gasteiger partial charge in [0.05, 0.1) is 0 Å². The Morgan fingerprint density at radius 1 is 1.24 bits per heavy atom. The maximum absolute atomic E-state index is 5.99. The smallest absolute Gasteiger partial charge is 0.137 e. The molecular formula is C17H18ClNO2. The molecule has 1 aliphatic heterocycles. The lowest BCUT2D eigenvalue weighted by molar-refractivity contribution is 0.148. The molecule has 3 rings (SSSR count). The minimum Gasteiger partial charge on any atom is -0.490 e. The van der Waals surface area contributed by atoms with E-state index in [0.717, 1.165) is 35.1 Å². The monoisotopic (exact) mass is 303 g/mol. The van der Waals surface area contributed by atoms with Gasteiger partial charge in [0.25, 0.3) is 0 Å². The Hall–Kier alpha value is -1.71. The normalized spacial score (nSPS) is 16.4. The summed E-state index contributed by atoms with van der Waals surface area (Å²) in [5.74, 6) is 1.78. The molecule has 0 fully saturated rings. The predicted molar refractivity (Wildman–Crippen MR) is 84.3 cm³/mol. The average Bonchev–Trinajstić information content (AvgIpc) is 2.89. The zero-order chi connectivity index (χ0) is 14.7. The van der Waals surface area contributed by atoms with E-state index in [0.29, 0.717) is 6.61 Å². The summed E-state index contributed by atoms with van der Waals surface area (Å²) in [5.41, 5.74) is 2.39. The van der Waals surface area contributed by atoms with Crippen molar-refractivity contribution in [1.29, 1.82) is 0 Å². The van der Waals surface area contributed by atoms with Crippen molar-refractivity contribution < 1.29 is 9.47 Å². The fourth-order valence-electron chi connectivity index (χ4n) is 2.48. The van der Waals surface area contributed by atoms with Gasteiger partial charge in [0.1, 0.15) is 24.2 Å². The van der Waals surface area contributed by atoms with Gasteiger partial charge in [0.15, 0.2) is 0 Å². The average molecular weight is 304 g/mol. The van der Waals surface area contributed by atoms with Crippen molar-refractivity contribution in [2.24, 2.45) is 0 Å². The lowest BCUT2D eigenvalue weighted by atomic mass is 10.1. The molecule has 0 aliphatic carbocycles. The quantitative estimate of drug-likeness (QED) is 0.918. The van der Waals surface area contributed by atoms with Crippen LogP contribution in [0.3, 0.4) is 0 Å². The second-order valence-corrected chi connectivity index (χ2v) is 5.62. The third kappa shape index (κ3) is 3.49. The molecule has 1 heterocycles. The Labute approximate surface area is 129 Å².